The fourth-order valence-electron chi connectivity index (χ4n) is 2.94. The Balaban J connectivity index is 1.91. The fraction of sp³-hybridized carbons (Fsp3) is 0.350. The molecule has 0 aliphatic carbocycles. The highest BCUT2D eigenvalue weighted by Gasteiger charge is 2.22. The van der Waals surface area contributed by atoms with Crippen LogP contribution in [0.2, 0.25) is 0 Å². The Morgan fingerprint density at radius 1 is 1.04 bits per heavy atom. The molecule has 3 heteroatoms. The van der Waals surface area contributed by atoms with Gasteiger partial charge in [0.05, 0.1) is 0 Å². The van der Waals surface area contributed by atoms with Crippen LogP contribution in [-0.4, -0.2) is 19.0 Å². The monoisotopic (exact) mass is 308 g/mol. The quantitative estimate of drug-likeness (QED) is 0.870. The van der Waals surface area contributed by atoms with Gasteiger partial charge >= 0.3 is 0 Å². The lowest BCUT2D eigenvalue weighted by Crippen LogP contribution is -2.34. The summed E-state index contributed by atoms with van der Waals surface area (Å²) < 4.78 is 0. The van der Waals surface area contributed by atoms with Crippen molar-refractivity contribution in [2.24, 2.45) is 0 Å². The van der Waals surface area contributed by atoms with Crippen LogP contribution in [0.25, 0.3) is 0 Å². The van der Waals surface area contributed by atoms with Gasteiger partial charge in [-0.15, -0.1) is 0 Å². The van der Waals surface area contributed by atoms with Crippen molar-refractivity contribution >= 4 is 11.6 Å². The van der Waals surface area contributed by atoms with Gasteiger partial charge in [0.2, 0.25) is 0 Å². The molecule has 0 spiro atoms. The molecule has 3 nitrogen and oxygen atoms in total. The molecule has 0 unspecified atom stereocenters. The van der Waals surface area contributed by atoms with Crippen molar-refractivity contribution in [2.45, 2.75) is 32.7 Å². The molecular weight excluding hydrogens is 284 g/mol. The van der Waals surface area contributed by atoms with Crippen molar-refractivity contribution < 1.29 is 4.79 Å². The molecule has 3 rings (SSSR count). The van der Waals surface area contributed by atoms with Gasteiger partial charge in [0.1, 0.15) is 0 Å². The number of amides is 1. The van der Waals surface area contributed by atoms with Gasteiger partial charge in [0.25, 0.3) is 5.91 Å². The van der Waals surface area contributed by atoms with Crippen LogP contribution in [0.5, 0.6) is 0 Å². The van der Waals surface area contributed by atoms with E-state index in [0.29, 0.717) is 6.54 Å². The average molecular weight is 308 g/mol. The molecular formula is C20H24N2O. The van der Waals surface area contributed by atoms with Gasteiger partial charge in [0, 0.05) is 30.9 Å². The molecule has 2 aromatic carbocycles. The Morgan fingerprint density at radius 3 is 2.43 bits per heavy atom. The summed E-state index contributed by atoms with van der Waals surface area (Å²) in [4.78, 5) is 14.9. The largest absolute Gasteiger partial charge is 0.311 e. The first-order chi connectivity index (χ1) is 11.0. The van der Waals surface area contributed by atoms with Crippen LogP contribution in [0.15, 0.2) is 48.5 Å². The van der Waals surface area contributed by atoms with Crippen LogP contribution < -0.4 is 10.2 Å². The normalized spacial score (nSPS) is 15.0. The number of hydrogen-bond acceptors (Lipinski definition) is 2. The number of nitrogens with zero attached hydrogens (tertiary/aromatic N) is 1. The molecule has 1 aliphatic rings. The van der Waals surface area contributed by atoms with Crippen LogP contribution >= 0.6 is 0 Å². The van der Waals surface area contributed by atoms with E-state index in [9.17, 15) is 4.79 Å². The maximum atomic E-state index is 13.0. The SMILES string of the molecule is CC(C)(C)c1ccc(C(=O)N2CCNCc3ccccc32)cc1. The Kier molecular flexibility index (Phi) is 4.22. The summed E-state index contributed by atoms with van der Waals surface area (Å²) in [6.45, 7) is 8.85. The van der Waals surface area contributed by atoms with Crippen molar-refractivity contribution in [1.82, 2.24) is 5.32 Å². The first-order valence-corrected chi connectivity index (χ1v) is 8.18. The van der Waals surface area contributed by atoms with E-state index in [4.69, 9.17) is 0 Å². The number of fused-ring (bicyclic) bond motifs is 1. The molecule has 1 N–H and O–H groups in total. The van der Waals surface area contributed by atoms with E-state index < -0.39 is 0 Å². The highest BCUT2D eigenvalue weighted by atomic mass is 16.2. The molecule has 1 amide bonds. The van der Waals surface area contributed by atoms with Gasteiger partial charge in [-0.25, -0.2) is 0 Å². The van der Waals surface area contributed by atoms with E-state index in [1.807, 2.05) is 35.2 Å². The maximum Gasteiger partial charge on any atom is 0.258 e. The van der Waals surface area contributed by atoms with Crippen molar-refractivity contribution in [3.8, 4) is 0 Å². The van der Waals surface area contributed by atoms with Gasteiger partial charge in [0.15, 0.2) is 0 Å². The van der Waals surface area contributed by atoms with Crippen molar-refractivity contribution in [2.75, 3.05) is 18.0 Å². The minimum Gasteiger partial charge on any atom is -0.311 e. The highest BCUT2D eigenvalue weighted by Crippen LogP contribution is 2.26. The minimum absolute atomic E-state index is 0.0709. The molecule has 0 bridgehead atoms. The molecule has 1 aliphatic heterocycles. The number of rotatable bonds is 1. The van der Waals surface area contributed by atoms with E-state index in [2.05, 4.69) is 44.3 Å². The summed E-state index contributed by atoms with van der Waals surface area (Å²) >= 11 is 0. The van der Waals surface area contributed by atoms with Gasteiger partial charge < -0.3 is 10.2 Å². The molecule has 2 aromatic rings. The topological polar surface area (TPSA) is 32.3 Å². The first-order valence-electron chi connectivity index (χ1n) is 8.18. The van der Waals surface area contributed by atoms with Crippen LogP contribution in [0, 0.1) is 0 Å². The number of para-hydroxylation sites is 1. The van der Waals surface area contributed by atoms with Crippen LogP contribution in [0.3, 0.4) is 0 Å². The zero-order valence-corrected chi connectivity index (χ0v) is 14.1. The standard InChI is InChI=1S/C20H24N2O/c1-20(2,3)17-10-8-15(9-11-17)19(23)22-13-12-21-14-16-6-4-5-7-18(16)22/h4-11,21H,12-14H2,1-3H3. The van der Waals surface area contributed by atoms with E-state index in [-0.39, 0.29) is 11.3 Å². The number of carbonyl (C=O) groups is 1. The third kappa shape index (κ3) is 3.30. The Morgan fingerprint density at radius 2 is 1.74 bits per heavy atom. The number of anilines is 1. The number of benzene rings is 2. The fourth-order valence-corrected chi connectivity index (χ4v) is 2.94. The second kappa shape index (κ2) is 6.17. The van der Waals surface area contributed by atoms with Gasteiger partial charge in [-0.3, -0.25) is 4.79 Å². The Hall–Kier alpha value is -2.13. The lowest BCUT2D eigenvalue weighted by Gasteiger charge is -2.23. The van der Waals surface area contributed by atoms with Gasteiger partial charge in [-0.2, -0.15) is 0 Å². The summed E-state index contributed by atoms with van der Waals surface area (Å²) in [6, 6.07) is 16.2. The molecule has 0 saturated carbocycles. The predicted octanol–water partition coefficient (Wildman–Crippen LogP) is 3.73. The van der Waals surface area contributed by atoms with Crippen molar-refractivity contribution in [1.29, 1.82) is 0 Å². The van der Waals surface area contributed by atoms with Crippen LogP contribution in [-0.2, 0) is 12.0 Å². The van der Waals surface area contributed by atoms with E-state index in [1.54, 1.807) is 0 Å². The Bertz CT molecular complexity index is 698. The maximum absolute atomic E-state index is 13.0. The summed E-state index contributed by atoms with van der Waals surface area (Å²) in [5.41, 5.74) is 4.27. The predicted molar refractivity (Wildman–Crippen MR) is 95.0 cm³/mol. The average Bonchev–Trinajstić information content (AvgIpc) is 2.76. The Labute approximate surface area is 138 Å². The smallest absolute Gasteiger partial charge is 0.258 e. The third-order valence-electron chi connectivity index (χ3n) is 4.35. The van der Waals surface area contributed by atoms with E-state index in [0.717, 1.165) is 24.3 Å². The minimum atomic E-state index is 0.0709. The summed E-state index contributed by atoms with van der Waals surface area (Å²) in [6.07, 6.45) is 0. The molecule has 0 saturated heterocycles. The summed E-state index contributed by atoms with van der Waals surface area (Å²) in [5.74, 6) is 0.0709. The first kappa shape index (κ1) is 15.8. The van der Waals surface area contributed by atoms with Crippen molar-refractivity contribution in [3.63, 3.8) is 0 Å². The third-order valence-corrected chi connectivity index (χ3v) is 4.35. The molecule has 0 aromatic heterocycles. The molecule has 1 heterocycles. The summed E-state index contributed by atoms with van der Waals surface area (Å²) in [5, 5.41) is 3.37. The zero-order chi connectivity index (χ0) is 16.4. The second-order valence-corrected chi connectivity index (χ2v) is 7.09. The van der Waals surface area contributed by atoms with Gasteiger partial charge in [-0.05, 0) is 34.7 Å². The molecule has 0 radical (unpaired) electrons. The van der Waals surface area contributed by atoms with Crippen LogP contribution in [0.4, 0.5) is 5.69 Å². The van der Waals surface area contributed by atoms with Crippen molar-refractivity contribution in [3.05, 3.63) is 65.2 Å². The lowest BCUT2D eigenvalue weighted by atomic mass is 9.86. The highest BCUT2D eigenvalue weighted by molar-refractivity contribution is 6.06. The number of hydrogen-bond donors (Lipinski definition) is 1. The lowest BCUT2D eigenvalue weighted by molar-refractivity contribution is 0.0987. The second-order valence-electron chi connectivity index (χ2n) is 7.09. The van der Waals surface area contributed by atoms with Gasteiger partial charge in [-0.1, -0.05) is 51.1 Å². The molecule has 0 atom stereocenters. The number of carbonyl (C=O) groups excluding carboxylic acids is 1. The van der Waals surface area contributed by atoms with E-state index >= 15 is 0 Å². The molecule has 120 valence electrons. The van der Waals surface area contributed by atoms with E-state index in [1.165, 1.54) is 11.1 Å². The molecule has 23 heavy (non-hydrogen) atoms. The summed E-state index contributed by atoms with van der Waals surface area (Å²) in [7, 11) is 0. The van der Waals surface area contributed by atoms with Crippen LogP contribution in [0.1, 0.15) is 42.3 Å². The number of nitrogens with one attached hydrogen (secondary N) is 1. The zero-order valence-electron chi connectivity index (χ0n) is 14.1. The molecule has 0 fully saturated rings.